The molecule has 0 N–H and O–H groups in total. The summed E-state index contributed by atoms with van der Waals surface area (Å²) in [6, 6.07) is 0. The van der Waals surface area contributed by atoms with Gasteiger partial charge in [0.05, 0.1) is 6.54 Å². The molecule has 4 heteroatoms. The Balaban J connectivity index is 1.80. The van der Waals surface area contributed by atoms with E-state index in [1.165, 1.54) is 17.7 Å². The second kappa shape index (κ2) is 4.71. The van der Waals surface area contributed by atoms with Crippen LogP contribution in [0.1, 0.15) is 52.9 Å². The van der Waals surface area contributed by atoms with Crippen molar-refractivity contribution in [1.29, 1.82) is 0 Å². The first-order chi connectivity index (χ1) is 8.27. The Kier molecular flexibility index (Phi) is 3.56. The molecule has 1 amide bonds. The maximum atomic E-state index is 14.5. The molecule has 1 aliphatic heterocycles. The number of amides is 1. The fourth-order valence-corrected chi connectivity index (χ4v) is 2.39. The van der Waals surface area contributed by atoms with Crippen LogP contribution in [0.15, 0.2) is 0 Å². The Bertz CT molecular complexity index is 322. The van der Waals surface area contributed by atoms with Crippen molar-refractivity contribution in [2.45, 2.75) is 64.1 Å². The number of halogens is 1. The van der Waals surface area contributed by atoms with Crippen LogP contribution in [0.3, 0.4) is 0 Å². The molecule has 0 aromatic rings. The minimum absolute atomic E-state index is 0.203. The second-order valence-electron chi connectivity index (χ2n) is 6.78. The molecule has 0 radical (unpaired) electrons. The van der Waals surface area contributed by atoms with Crippen LogP contribution >= 0.6 is 0 Å². The number of likely N-dealkylation sites (tertiary alicyclic amines) is 1. The molecule has 1 unspecified atom stereocenters. The summed E-state index contributed by atoms with van der Waals surface area (Å²) in [6.45, 7) is 6.18. The summed E-state index contributed by atoms with van der Waals surface area (Å²) in [6.07, 6.45) is 4.15. The monoisotopic (exact) mass is 257 g/mol. The van der Waals surface area contributed by atoms with Crippen molar-refractivity contribution < 1.29 is 13.9 Å². The molecule has 104 valence electrons. The van der Waals surface area contributed by atoms with Gasteiger partial charge in [-0.05, 0) is 39.5 Å². The fraction of sp³-hybridized carbons (Fsp3) is 0.929. The molecule has 1 aliphatic carbocycles. The third kappa shape index (κ3) is 3.85. The molecule has 0 aromatic carbocycles. The van der Waals surface area contributed by atoms with Gasteiger partial charge in [0.15, 0.2) is 0 Å². The molecule has 1 saturated carbocycles. The SMILES string of the molecule is CC(C)(C)OC(=O)N1CCC(F)(CCC2CC2)C1. The molecule has 2 aliphatic rings. The van der Waals surface area contributed by atoms with Crippen molar-refractivity contribution in [2.75, 3.05) is 13.1 Å². The molecule has 0 spiro atoms. The summed E-state index contributed by atoms with van der Waals surface area (Å²) in [5, 5.41) is 0. The normalized spacial score (nSPS) is 28.6. The van der Waals surface area contributed by atoms with Crippen LogP contribution in [0.25, 0.3) is 0 Å². The number of ether oxygens (including phenoxy) is 1. The summed E-state index contributed by atoms with van der Waals surface area (Å²) in [7, 11) is 0. The number of alkyl halides is 1. The van der Waals surface area contributed by atoms with Crippen molar-refractivity contribution in [2.24, 2.45) is 5.92 Å². The van der Waals surface area contributed by atoms with E-state index in [1.54, 1.807) is 0 Å². The van der Waals surface area contributed by atoms with E-state index in [9.17, 15) is 9.18 Å². The van der Waals surface area contributed by atoms with Gasteiger partial charge >= 0.3 is 6.09 Å². The summed E-state index contributed by atoms with van der Waals surface area (Å²) in [4.78, 5) is 13.3. The van der Waals surface area contributed by atoms with E-state index in [2.05, 4.69) is 0 Å². The Morgan fingerprint density at radius 2 is 2.11 bits per heavy atom. The number of hydrogen-bond donors (Lipinski definition) is 0. The van der Waals surface area contributed by atoms with Crippen LogP contribution in [0.4, 0.5) is 9.18 Å². The van der Waals surface area contributed by atoms with Crippen LogP contribution in [0.2, 0.25) is 0 Å². The van der Waals surface area contributed by atoms with Crippen molar-refractivity contribution in [3.8, 4) is 0 Å². The number of carbonyl (C=O) groups is 1. The van der Waals surface area contributed by atoms with E-state index in [0.717, 1.165) is 12.3 Å². The van der Waals surface area contributed by atoms with Gasteiger partial charge in [0.2, 0.25) is 0 Å². The third-order valence-corrected chi connectivity index (χ3v) is 3.65. The lowest BCUT2D eigenvalue weighted by Crippen LogP contribution is -2.37. The summed E-state index contributed by atoms with van der Waals surface area (Å²) in [5.74, 6) is 0.744. The highest BCUT2D eigenvalue weighted by molar-refractivity contribution is 5.68. The molecule has 18 heavy (non-hydrogen) atoms. The standard InChI is InChI=1S/C14H24FNO2/c1-13(2,3)18-12(17)16-9-8-14(15,10-16)7-6-11-4-5-11/h11H,4-10H2,1-3H3. The molecule has 1 saturated heterocycles. The molecule has 0 aromatic heterocycles. The molecular formula is C14H24FNO2. The second-order valence-corrected chi connectivity index (χ2v) is 6.78. The number of rotatable bonds is 3. The van der Waals surface area contributed by atoms with Gasteiger partial charge in [0.1, 0.15) is 11.3 Å². The molecule has 1 heterocycles. The van der Waals surface area contributed by atoms with Gasteiger partial charge in [-0.25, -0.2) is 9.18 Å². The average molecular weight is 257 g/mol. The average Bonchev–Trinajstić information content (AvgIpc) is 2.97. The first-order valence-electron chi connectivity index (χ1n) is 6.94. The summed E-state index contributed by atoms with van der Waals surface area (Å²) in [5.41, 5.74) is -1.69. The lowest BCUT2D eigenvalue weighted by atomic mass is 9.97. The predicted octanol–water partition coefficient (Wildman–Crippen LogP) is 3.53. The topological polar surface area (TPSA) is 29.5 Å². The largest absolute Gasteiger partial charge is 0.444 e. The van der Waals surface area contributed by atoms with Gasteiger partial charge in [-0.1, -0.05) is 12.8 Å². The lowest BCUT2D eigenvalue weighted by Gasteiger charge is -2.25. The van der Waals surface area contributed by atoms with Crippen LogP contribution in [0.5, 0.6) is 0 Å². The van der Waals surface area contributed by atoms with Gasteiger partial charge in [-0.2, -0.15) is 0 Å². The summed E-state index contributed by atoms with van der Waals surface area (Å²) < 4.78 is 19.8. The number of nitrogens with zero attached hydrogens (tertiary/aromatic N) is 1. The molecule has 2 rings (SSSR count). The first-order valence-corrected chi connectivity index (χ1v) is 6.94. The molecule has 1 atom stereocenters. The van der Waals surface area contributed by atoms with Crippen molar-refractivity contribution in [1.82, 2.24) is 4.90 Å². The van der Waals surface area contributed by atoms with Crippen LogP contribution in [0, 0.1) is 5.92 Å². The van der Waals surface area contributed by atoms with Crippen LogP contribution < -0.4 is 0 Å². The Morgan fingerprint density at radius 3 is 2.67 bits per heavy atom. The van der Waals surface area contributed by atoms with Crippen molar-refractivity contribution in [3.05, 3.63) is 0 Å². The van der Waals surface area contributed by atoms with E-state index < -0.39 is 11.3 Å². The zero-order chi connectivity index (χ0) is 13.4. The highest BCUT2D eigenvalue weighted by Gasteiger charge is 2.42. The maximum absolute atomic E-state index is 14.5. The Labute approximate surface area is 109 Å². The highest BCUT2D eigenvalue weighted by atomic mass is 19.1. The third-order valence-electron chi connectivity index (χ3n) is 3.65. The minimum atomic E-state index is -1.18. The number of carbonyl (C=O) groups excluding carboxylic acids is 1. The van der Waals surface area contributed by atoms with E-state index in [0.29, 0.717) is 19.4 Å². The van der Waals surface area contributed by atoms with E-state index >= 15 is 0 Å². The van der Waals surface area contributed by atoms with E-state index in [4.69, 9.17) is 4.74 Å². The van der Waals surface area contributed by atoms with Crippen LogP contribution in [-0.2, 0) is 4.74 Å². The quantitative estimate of drug-likeness (QED) is 0.774. The van der Waals surface area contributed by atoms with Gasteiger partial charge < -0.3 is 9.64 Å². The van der Waals surface area contributed by atoms with Gasteiger partial charge in [-0.3, -0.25) is 0 Å². The van der Waals surface area contributed by atoms with Crippen molar-refractivity contribution in [3.63, 3.8) is 0 Å². The predicted molar refractivity (Wildman–Crippen MR) is 68.2 cm³/mol. The Morgan fingerprint density at radius 1 is 1.44 bits per heavy atom. The first kappa shape index (κ1) is 13.6. The molecular weight excluding hydrogens is 233 g/mol. The lowest BCUT2D eigenvalue weighted by molar-refractivity contribution is 0.0253. The molecule has 2 fully saturated rings. The van der Waals surface area contributed by atoms with Crippen molar-refractivity contribution >= 4 is 6.09 Å². The fourth-order valence-electron chi connectivity index (χ4n) is 2.39. The zero-order valence-corrected chi connectivity index (χ0v) is 11.7. The van der Waals surface area contributed by atoms with Gasteiger partial charge in [-0.15, -0.1) is 0 Å². The van der Waals surface area contributed by atoms with E-state index in [1.807, 2.05) is 20.8 Å². The maximum Gasteiger partial charge on any atom is 0.410 e. The summed E-state index contributed by atoms with van der Waals surface area (Å²) >= 11 is 0. The zero-order valence-electron chi connectivity index (χ0n) is 11.7. The number of hydrogen-bond acceptors (Lipinski definition) is 2. The molecule has 0 bridgehead atoms. The van der Waals surface area contributed by atoms with Gasteiger partial charge in [0, 0.05) is 13.0 Å². The molecule has 3 nitrogen and oxygen atoms in total. The smallest absolute Gasteiger partial charge is 0.410 e. The van der Waals surface area contributed by atoms with E-state index in [-0.39, 0.29) is 12.6 Å². The Hall–Kier alpha value is -0.800. The van der Waals surface area contributed by atoms with Crippen LogP contribution in [-0.4, -0.2) is 35.4 Å². The van der Waals surface area contributed by atoms with Gasteiger partial charge in [0.25, 0.3) is 0 Å². The highest BCUT2D eigenvalue weighted by Crippen LogP contribution is 2.39. The minimum Gasteiger partial charge on any atom is -0.444 e.